The minimum absolute atomic E-state index is 0.0829. The zero-order valence-electron chi connectivity index (χ0n) is 13.7. The van der Waals surface area contributed by atoms with Gasteiger partial charge in [-0.25, -0.2) is 4.39 Å². The molecule has 0 bridgehead atoms. The minimum Gasteiger partial charge on any atom is -0.311 e. The molecule has 1 unspecified atom stereocenters. The fourth-order valence-electron chi connectivity index (χ4n) is 2.23. The molecule has 0 aliphatic rings. The molecule has 0 aromatic heterocycles. The number of nitrogens with one attached hydrogen (secondary N) is 2. The van der Waals surface area contributed by atoms with Crippen molar-refractivity contribution in [2.75, 3.05) is 13.1 Å². The Labute approximate surface area is 123 Å². The maximum Gasteiger partial charge on any atom is 0.123 e. The van der Waals surface area contributed by atoms with Crippen LogP contribution in [0.15, 0.2) is 24.3 Å². The predicted molar refractivity (Wildman–Crippen MR) is 84.4 cm³/mol. The maximum absolute atomic E-state index is 13.1. The number of rotatable bonds is 5. The molecule has 0 saturated heterocycles. The topological polar surface area (TPSA) is 24.1 Å². The number of halogens is 1. The van der Waals surface area contributed by atoms with Crippen molar-refractivity contribution in [1.82, 2.24) is 10.6 Å². The maximum atomic E-state index is 13.1. The molecule has 114 valence electrons. The first-order chi connectivity index (χ1) is 9.09. The number of hydrogen-bond donors (Lipinski definition) is 2. The van der Waals surface area contributed by atoms with Crippen molar-refractivity contribution in [3.8, 4) is 0 Å². The van der Waals surface area contributed by atoms with Crippen LogP contribution in [-0.2, 0) is 0 Å². The van der Waals surface area contributed by atoms with Gasteiger partial charge in [0.25, 0.3) is 0 Å². The average Bonchev–Trinajstić information content (AvgIpc) is 2.27. The molecule has 0 fully saturated rings. The quantitative estimate of drug-likeness (QED) is 0.800. The van der Waals surface area contributed by atoms with Crippen LogP contribution in [0.1, 0.15) is 53.1 Å². The molecule has 3 heteroatoms. The Morgan fingerprint density at radius 2 is 1.50 bits per heavy atom. The van der Waals surface area contributed by atoms with E-state index in [9.17, 15) is 4.39 Å². The highest BCUT2D eigenvalue weighted by Crippen LogP contribution is 2.32. The third kappa shape index (κ3) is 6.02. The van der Waals surface area contributed by atoms with Gasteiger partial charge in [0.05, 0.1) is 0 Å². The molecular weight excluding hydrogens is 251 g/mol. The molecule has 0 aliphatic heterocycles. The summed E-state index contributed by atoms with van der Waals surface area (Å²) in [5, 5.41) is 7.05. The molecule has 2 nitrogen and oxygen atoms in total. The van der Waals surface area contributed by atoms with Gasteiger partial charge in [0.15, 0.2) is 0 Å². The van der Waals surface area contributed by atoms with Gasteiger partial charge in [-0.3, -0.25) is 0 Å². The normalized spacial score (nSPS) is 14.3. The van der Waals surface area contributed by atoms with Gasteiger partial charge in [-0.2, -0.15) is 0 Å². The lowest BCUT2D eigenvalue weighted by Gasteiger charge is -2.33. The van der Waals surface area contributed by atoms with E-state index in [0.29, 0.717) is 0 Å². The van der Waals surface area contributed by atoms with E-state index in [1.807, 2.05) is 12.1 Å². The van der Waals surface area contributed by atoms with Crippen molar-refractivity contribution in [1.29, 1.82) is 0 Å². The lowest BCUT2D eigenvalue weighted by molar-refractivity contribution is 0.269. The highest BCUT2D eigenvalue weighted by atomic mass is 19.1. The lowest BCUT2D eigenvalue weighted by Crippen LogP contribution is -2.42. The van der Waals surface area contributed by atoms with Crippen LogP contribution >= 0.6 is 0 Å². The molecule has 1 rings (SSSR count). The lowest BCUT2D eigenvalue weighted by atomic mass is 9.82. The van der Waals surface area contributed by atoms with E-state index in [1.54, 1.807) is 0 Å². The van der Waals surface area contributed by atoms with Crippen LogP contribution in [0.2, 0.25) is 0 Å². The Morgan fingerprint density at radius 3 is 1.95 bits per heavy atom. The van der Waals surface area contributed by atoms with Crippen LogP contribution in [0.4, 0.5) is 4.39 Å². The van der Waals surface area contributed by atoms with Crippen LogP contribution in [0.25, 0.3) is 0 Å². The van der Waals surface area contributed by atoms with Gasteiger partial charge < -0.3 is 10.6 Å². The summed E-state index contributed by atoms with van der Waals surface area (Å²) in [5.74, 6) is -0.184. The van der Waals surface area contributed by atoms with Crippen LogP contribution in [0.5, 0.6) is 0 Å². The molecule has 0 aliphatic carbocycles. The van der Waals surface area contributed by atoms with Crippen LogP contribution in [-0.4, -0.2) is 18.6 Å². The summed E-state index contributed by atoms with van der Waals surface area (Å²) < 4.78 is 13.1. The van der Waals surface area contributed by atoms with Gasteiger partial charge in [0.1, 0.15) is 5.82 Å². The van der Waals surface area contributed by atoms with Crippen molar-refractivity contribution in [2.45, 2.75) is 53.1 Å². The highest BCUT2D eigenvalue weighted by molar-refractivity contribution is 5.21. The Hall–Kier alpha value is -0.930. The molecule has 0 radical (unpaired) electrons. The Balaban J connectivity index is 2.65. The summed E-state index contributed by atoms with van der Waals surface area (Å²) >= 11 is 0. The molecule has 0 amide bonds. The van der Waals surface area contributed by atoms with Crippen LogP contribution < -0.4 is 10.6 Å². The van der Waals surface area contributed by atoms with Crippen molar-refractivity contribution in [3.63, 3.8) is 0 Å². The smallest absolute Gasteiger partial charge is 0.123 e. The summed E-state index contributed by atoms with van der Waals surface area (Å²) in [6.07, 6.45) is 0. The second-order valence-electron chi connectivity index (χ2n) is 7.48. The number of benzene rings is 1. The Morgan fingerprint density at radius 1 is 0.950 bits per heavy atom. The molecule has 2 N–H and O–H groups in total. The summed E-state index contributed by atoms with van der Waals surface area (Å²) in [7, 11) is 0. The van der Waals surface area contributed by atoms with Gasteiger partial charge >= 0.3 is 0 Å². The van der Waals surface area contributed by atoms with Gasteiger partial charge in [-0.1, -0.05) is 32.9 Å². The van der Waals surface area contributed by atoms with E-state index in [0.717, 1.165) is 18.7 Å². The highest BCUT2D eigenvalue weighted by Gasteiger charge is 2.25. The van der Waals surface area contributed by atoms with Gasteiger partial charge in [0.2, 0.25) is 0 Å². The molecule has 20 heavy (non-hydrogen) atoms. The summed E-state index contributed by atoms with van der Waals surface area (Å²) in [6, 6.07) is 7.02. The van der Waals surface area contributed by atoms with Crippen LogP contribution in [0.3, 0.4) is 0 Å². The van der Waals surface area contributed by atoms with E-state index in [1.165, 1.54) is 12.1 Å². The Bertz CT molecular complexity index is 398. The summed E-state index contributed by atoms with van der Waals surface area (Å²) in [4.78, 5) is 0. The standard InChI is InChI=1S/C17H29FN2/c1-16(2,3)15(13-7-9-14(18)10-8-13)19-11-12-20-17(4,5)6/h7-10,15,19-20H,11-12H2,1-6H3. The first-order valence-electron chi connectivity index (χ1n) is 7.33. The first-order valence-corrected chi connectivity index (χ1v) is 7.33. The second kappa shape index (κ2) is 6.68. The largest absolute Gasteiger partial charge is 0.311 e. The fraction of sp³-hybridized carbons (Fsp3) is 0.647. The molecular formula is C17H29FN2. The number of hydrogen-bond acceptors (Lipinski definition) is 2. The molecule has 0 saturated carbocycles. The van der Waals surface area contributed by atoms with E-state index in [-0.39, 0.29) is 22.8 Å². The van der Waals surface area contributed by atoms with Crippen molar-refractivity contribution in [2.24, 2.45) is 5.41 Å². The average molecular weight is 280 g/mol. The third-order valence-corrected chi connectivity index (χ3v) is 3.20. The molecule has 0 spiro atoms. The molecule has 1 atom stereocenters. The van der Waals surface area contributed by atoms with Gasteiger partial charge in [0, 0.05) is 24.7 Å². The van der Waals surface area contributed by atoms with Crippen molar-refractivity contribution >= 4 is 0 Å². The molecule has 1 aromatic carbocycles. The van der Waals surface area contributed by atoms with Crippen LogP contribution in [0, 0.1) is 11.2 Å². The van der Waals surface area contributed by atoms with E-state index < -0.39 is 0 Å². The monoisotopic (exact) mass is 280 g/mol. The summed E-state index contributed by atoms with van der Waals surface area (Å²) in [5.41, 5.74) is 1.35. The zero-order valence-corrected chi connectivity index (χ0v) is 13.7. The SMILES string of the molecule is CC(C)(C)NCCNC(c1ccc(F)cc1)C(C)(C)C. The zero-order chi connectivity index (χ0) is 15.4. The van der Waals surface area contributed by atoms with E-state index in [4.69, 9.17) is 0 Å². The fourth-order valence-corrected chi connectivity index (χ4v) is 2.23. The van der Waals surface area contributed by atoms with Gasteiger partial charge in [-0.15, -0.1) is 0 Å². The van der Waals surface area contributed by atoms with Crippen molar-refractivity contribution in [3.05, 3.63) is 35.6 Å². The minimum atomic E-state index is -0.184. The molecule has 1 aromatic rings. The van der Waals surface area contributed by atoms with E-state index in [2.05, 4.69) is 52.2 Å². The Kier molecular flexibility index (Phi) is 5.72. The summed E-state index contributed by atoms with van der Waals surface area (Å²) in [6.45, 7) is 14.9. The van der Waals surface area contributed by atoms with Crippen molar-refractivity contribution < 1.29 is 4.39 Å². The molecule has 0 heterocycles. The second-order valence-corrected chi connectivity index (χ2v) is 7.48. The third-order valence-electron chi connectivity index (χ3n) is 3.20. The first kappa shape index (κ1) is 17.1. The van der Waals surface area contributed by atoms with E-state index >= 15 is 0 Å². The predicted octanol–water partition coefficient (Wildman–Crippen LogP) is 3.89. The van der Waals surface area contributed by atoms with Gasteiger partial charge in [-0.05, 0) is 43.9 Å².